The van der Waals surface area contributed by atoms with Crippen LogP contribution in [-0.4, -0.2) is 10.8 Å². The molecule has 1 rings (SSSR count). The summed E-state index contributed by atoms with van der Waals surface area (Å²) in [6.07, 6.45) is 4.96. The molecule has 0 aliphatic heterocycles. The van der Waals surface area contributed by atoms with Crippen LogP contribution >= 0.6 is 0 Å². The summed E-state index contributed by atoms with van der Waals surface area (Å²) in [7, 11) is 0. The molecule has 0 unspecified atom stereocenters. The van der Waals surface area contributed by atoms with Gasteiger partial charge in [-0.1, -0.05) is 0 Å². The van der Waals surface area contributed by atoms with Gasteiger partial charge >= 0.3 is 0 Å². The summed E-state index contributed by atoms with van der Waals surface area (Å²) < 4.78 is 0. The van der Waals surface area contributed by atoms with Gasteiger partial charge in [0.2, 0.25) is 0 Å². The maximum Gasteiger partial charge on any atom is 0.152 e. The lowest BCUT2D eigenvalue weighted by Gasteiger charge is -1.92. The van der Waals surface area contributed by atoms with Gasteiger partial charge in [0.1, 0.15) is 0 Å². The van der Waals surface area contributed by atoms with Crippen molar-refractivity contribution >= 4 is 11.9 Å². The Kier molecular flexibility index (Phi) is 2.75. The average Bonchev–Trinajstić information content (AvgIpc) is 2.01. The number of allylic oxidation sites excluding steroid dienone is 1. The van der Waals surface area contributed by atoms with Crippen molar-refractivity contribution in [1.82, 2.24) is 4.98 Å². The van der Waals surface area contributed by atoms with E-state index in [2.05, 4.69) is 4.98 Å². The highest BCUT2D eigenvalue weighted by Crippen LogP contribution is 2.01. The summed E-state index contributed by atoms with van der Waals surface area (Å²) in [5.74, 6) is 0.0401. The van der Waals surface area contributed by atoms with Gasteiger partial charge in [-0.3, -0.25) is 9.78 Å². The van der Waals surface area contributed by atoms with Crippen LogP contribution in [0.1, 0.15) is 18.2 Å². The summed E-state index contributed by atoms with van der Waals surface area (Å²) in [5.41, 5.74) is 1.97. The third-order valence-corrected chi connectivity index (χ3v) is 1.43. The van der Waals surface area contributed by atoms with Crippen LogP contribution in [0.4, 0.5) is 0 Å². The monoisotopic (exact) mass is 161 g/mol. The van der Waals surface area contributed by atoms with Gasteiger partial charge in [-0.25, -0.2) is 0 Å². The molecule has 1 heterocycles. The zero-order valence-corrected chi connectivity index (χ0v) is 7.24. The molecule has 1 aromatic rings. The molecule has 0 N–H and O–H groups in total. The number of hydrogen-bond donors (Lipinski definition) is 0. The molecule has 0 aromatic carbocycles. The third-order valence-electron chi connectivity index (χ3n) is 1.43. The van der Waals surface area contributed by atoms with Crippen LogP contribution in [0.25, 0.3) is 6.08 Å². The lowest BCUT2D eigenvalue weighted by molar-refractivity contribution is -0.112. The van der Waals surface area contributed by atoms with Crippen LogP contribution in [0.2, 0.25) is 0 Å². The molecule has 0 fully saturated rings. The second-order valence-corrected chi connectivity index (χ2v) is 2.70. The van der Waals surface area contributed by atoms with Gasteiger partial charge in [0, 0.05) is 6.20 Å². The van der Waals surface area contributed by atoms with Gasteiger partial charge in [-0.15, -0.1) is 0 Å². The van der Waals surface area contributed by atoms with Gasteiger partial charge in [-0.05, 0) is 43.7 Å². The highest BCUT2D eigenvalue weighted by molar-refractivity contribution is 5.91. The molecule has 12 heavy (non-hydrogen) atoms. The van der Waals surface area contributed by atoms with E-state index in [-0.39, 0.29) is 5.78 Å². The van der Waals surface area contributed by atoms with Gasteiger partial charge in [0.05, 0.1) is 5.69 Å². The molecule has 0 bridgehead atoms. The molecular weight excluding hydrogens is 150 g/mol. The SMILES string of the molecule is CC(=O)/C=C/c1cc(C)ccn1. The molecule has 62 valence electrons. The molecule has 2 heteroatoms. The molecule has 0 amide bonds. The van der Waals surface area contributed by atoms with Gasteiger partial charge in [-0.2, -0.15) is 0 Å². The Balaban J connectivity index is 2.83. The number of aromatic nitrogens is 1. The number of rotatable bonds is 2. The molecule has 0 saturated heterocycles. The predicted octanol–water partition coefficient (Wildman–Crippen LogP) is 1.99. The normalized spacial score (nSPS) is 10.5. The molecule has 1 aromatic heterocycles. The van der Waals surface area contributed by atoms with E-state index in [1.54, 1.807) is 12.3 Å². The predicted molar refractivity (Wildman–Crippen MR) is 48.7 cm³/mol. The summed E-state index contributed by atoms with van der Waals surface area (Å²) in [5, 5.41) is 0. The maximum absolute atomic E-state index is 10.6. The fraction of sp³-hybridized carbons (Fsp3) is 0.200. The molecule has 0 radical (unpaired) electrons. The van der Waals surface area contributed by atoms with E-state index >= 15 is 0 Å². The van der Waals surface area contributed by atoms with Crippen LogP contribution in [0, 0.1) is 6.92 Å². The van der Waals surface area contributed by atoms with Crippen molar-refractivity contribution in [2.24, 2.45) is 0 Å². The number of pyridine rings is 1. The summed E-state index contributed by atoms with van der Waals surface area (Å²) in [4.78, 5) is 14.7. The van der Waals surface area contributed by atoms with Gasteiger partial charge in [0.15, 0.2) is 5.78 Å². The first-order valence-electron chi connectivity index (χ1n) is 3.80. The van der Waals surface area contributed by atoms with E-state index in [1.807, 2.05) is 19.1 Å². The Bertz CT molecular complexity index is 315. The maximum atomic E-state index is 10.6. The highest BCUT2D eigenvalue weighted by atomic mass is 16.1. The van der Waals surface area contributed by atoms with Crippen molar-refractivity contribution in [2.75, 3.05) is 0 Å². The summed E-state index contributed by atoms with van der Waals surface area (Å²) in [6.45, 7) is 3.51. The van der Waals surface area contributed by atoms with Crippen molar-refractivity contribution in [3.05, 3.63) is 35.7 Å². The third kappa shape index (κ3) is 2.66. The fourth-order valence-corrected chi connectivity index (χ4v) is 0.853. The van der Waals surface area contributed by atoms with E-state index in [9.17, 15) is 4.79 Å². The van der Waals surface area contributed by atoms with E-state index in [1.165, 1.54) is 13.0 Å². The van der Waals surface area contributed by atoms with E-state index in [4.69, 9.17) is 0 Å². The highest BCUT2D eigenvalue weighted by Gasteiger charge is 1.89. The number of ketones is 1. The van der Waals surface area contributed by atoms with E-state index in [0.717, 1.165) is 11.3 Å². The first-order valence-corrected chi connectivity index (χ1v) is 3.80. The Morgan fingerprint density at radius 1 is 1.58 bits per heavy atom. The Hall–Kier alpha value is -1.44. The van der Waals surface area contributed by atoms with Gasteiger partial charge < -0.3 is 0 Å². The summed E-state index contributed by atoms with van der Waals surface area (Å²) >= 11 is 0. The zero-order valence-electron chi connectivity index (χ0n) is 7.24. The number of carbonyl (C=O) groups excluding carboxylic acids is 1. The molecule has 2 nitrogen and oxygen atoms in total. The molecule has 0 atom stereocenters. The second kappa shape index (κ2) is 3.81. The zero-order chi connectivity index (χ0) is 8.97. The second-order valence-electron chi connectivity index (χ2n) is 2.70. The smallest absolute Gasteiger partial charge is 0.152 e. The van der Waals surface area contributed by atoms with E-state index in [0.29, 0.717) is 0 Å². The largest absolute Gasteiger partial charge is 0.295 e. The minimum atomic E-state index is 0.0401. The van der Waals surface area contributed by atoms with Crippen molar-refractivity contribution in [3.8, 4) is 0 Å². The Morgan fingerprint density at radius 2 is 2.33 bits per heavy atom. The first kappa shape index (κ1) is 8.65. The van der Waals surface area contributed by atoms with E-state index < -0.39 is 0 Å². The first-order chi connectivity index (χ1) is 5.68. The topological polar surface area (TPSA) is 30.0 Å². The van der Waals surface area contributed by atoms with Crippen LogP contribution in [0.15, 0.2) is 24.4 Å². The summed E-state index contributed by atoms with van der Waals surface area (Å²) in [6, 6.07) is 3.85. The average molecular weight is 161 g/mol. The van der Waals surface area contributed by atoms with Crippen molar-refractivity contribution in [3.63, 3.8) is 0 Å². The van der Waals surface area contributed by atoms with Crippen molar-refractivity contribution < 1.29 is 4.79 Å². The number of nitrogens with zero attached hydrogens (tertiary/aromatic N) is 1. The number of carbonyl (C=O) groups is 1. The minimum Gasteiger partial charge on any atom is -0.295 e. The van der Waals surface area contributed by atoms with Crippen molar-refractivity contribution in [2.45, 2.75) is 13.8 Å². The molecule has 0 saturated carbocycles. The van der Waals surface area contributed by atoms with Crippen molar-refractivity contribution in [1.29, 1.82) is 0 Å². The molecule has 0 spiro atoms. The molecule has 0 aliphatic carbocycles. The standard InChI is InChI=1S/C10H11NO/c1-8-5-6-11-10(7-8)4-3-9(2)12/h3-7H,1-2H3/b4-3+. The van der Waals surface area contributed by atoms with Crippen LogP contribution < -0.4 is 0 Å². The quantitative estimate of drug-likeness (QED) is 0.621. The molecule has 0 aliphatic rings. The lowest BCUT2D eigenvalue weighted by atomic mass is 10.2. The number of hydrogen-bond acceptors (Lipinski definition) is 2. The van der Waals surface area contributed by atoms with Crippen LogP contribution in [0.5, 0.6) is 0 Å². The Labute approximate surface area is 71.9 Å². The van der Waals surface area contributed by atoms with Crippen LogP contribution in [-0.2, 0) is 4.79 Å². The fourth-order valence-electron chi connectivity index (χ4n) is 0.853. The molecular formula is C10H11NO. The number of aryl methyl sites for hydroxylation is 1. The van der Waals surface area contributed by atoms with Gasteiger partial charge in [0.25, 0.3) is 0 Å². The minimum absolute atomic E-state index is 0.0401. The Morgan fingerprint density at radius 3 is 2.92 bits per heavy atom. The lowest BCUT2D eigenvalue weighted by Crippen LogP contribution is -1.84. The van der Waals surface area contributed by atoms with Crippen LogP contribution in [0.3, 0.4) is 0 Å².